The van der Waals surface area contributed by atoms with E-state index < -0.39 is 0 Å². The summed E-state index contributed by atoms with van der Waals surface area (Å²) in [5.41, 5.74) is 1.71. The fraction of sp³-hybridized carbons (Fsp3) is 0.500. The van der Waals surface area contributed by atoms with Crippen molar-refractivity contribution in [3.63, 3.8) is 0 Å². The van der Waals surface area contributed by atoms with Crippen molar-refractivity contribution in [3.8, 4) is 0 Å². The minimum absolute atomic E-state index is 0.00338. The lowest BCUT2D eigenvalue weighted by Crippen LogP contribution is -2.53. The van der Waals surface area contributed by atoms with E-state index >= 15 is 0 Å². The first kappa shape index (κ1) is 13.6. The number of aryl methyl sites for hydroxylation is 1. The number of benzene rings is 1. The molecule has 1 aliphatic heterocycles. The van der Waals surface area contributed by atoms with E-state index in [0.29, 0.717) is 18.8 Å². The van der Waals surface area contributed by atoms with Gasteiger partial charge in [0.1, 0.15) is 0 Å². The number of nitrogens with one attached hydrogen (secondary N) is 1. The minimum Gasteiger partial charge on any atom is -0.381 e. The van der Waals surface area contributed by atoms with Gasteiger partial charge in [-0.2, -0.15) is 0 Å². The molecular formula is C14H18BrNO2. The van der Waals surface area contributed by atoms with Gasteiger partial charge in [-0.1, -0.05) is 33.6 Å². The van der Waals surface area contributed by atoms with Crippen molar-refractivity contribution in [2.45, 2.75) is 25.3 Å². The van der Waals surface area contributed by atoms with Crippen LogP contribution in [0.15, 0.2) is 24.3 Å². The summed E-state index contributed by atoms with van der Waals surface area (Å²) < 4.78 is 5.36. The molecule has 0 radical (unpaired) electrons. The third-order valence-corrected chi connectivity index (χ3v) is 4.47. The molecule has 1 aliphatic rings. The zero-order chi connectivity index (χ0) is 13.0. The highest BCUT2D eigenvalue weighted by Gasteiger charge is 2.33. The average Bonchev–Trinajstić information content (AvgIpc) is 2.40. The third-order valence-electron chi connectivity index (χ3n) is 3.40. The summed E-state index contributed by atoms with van der Waals surface area (Å²) in [5, 5.41) is 3.92. The van der Waals surface area contributed by atoms with E-state index in [0.717, 1.165) is 23.7 Å². The van der Waals surface area contributed by atoms with Crippen LogP contribution >= 0.6 is 15.9 Å². The second-order valence-corrected chi connectivity index (χ2v) is 5.41. The fourth-order valence-corrected chi connectivity index (χ4v) is 2.77. The van der Waals surface area contributed by atoms with Gasteiger partial charge in [0.2, 0.25) is 0 Å². The van der Waals surface area contributed by atoms with Crippen LogP contribution in [-0.2, 0) is 4.74 Å². The smallest absolute Gasteiger partial charge is 0.251 e. The van der Waals surface area contributed by atoms with Crippen LogP contribution in [0.1, 0.15) is 28.8 Å². The van der Waals surface area contributed by atoms with Crippen molar-refractivity contribution in [3.05, 3.63) is 35.4 Å². The van der Waals surface area contributed by atoms with Crippen LogP contribution in [0.4, 0.5) is 0 Å². The number of rotatable bonds is 3. The number of hydrogen-bond donors (Lipinski definition) is 1. The number of amides is 1. The van der Waals surface area contributed by atoms with Crippen LogP contribution in [0.2, 0.25) is 0 Å². The molecule has 4 heteroatoms. The van der Waals surface area contributed by atoms with Crippen molar-refractivity contribution < 1.29 is 9.53 Å². The molecule has 1 saturated heterocycles. The van der Waals surface area contributed by atoms with Gasteiger partial charge in [-0.15, -0.1) is 0 Å². The number of ether oxygens (including phenoxy) is 1. The Morgan fingerprint density at radius 1 is 1.33 bits per heavy atom. The molecule has 0 bridgehead atoms. The molecule has 98 valence electrons. The zero-order valence-corrected chi connectivity index (χ0v) is 12.1. The van der Waals surface area contributed by atoms with Gasteiger partial charge in [0.05, 0.1) is 5.54 Å². The second-order valence-electron chi connectivity index (χ2n) is 4.85. The molecular weight excluding hydrogens is 294 g/mol. The maximum absolute atomic E-state index is 12.2. The van der Waals surface area contributed by atoms with Crippen LogP contribution in [0.25, 0.3) is 0 Å². The normalized spacial score (nSPS) is 18.3. The Kier molecular flexibility index (Phi) is 4.40. The Bertz CT molecular complexity index is 410. The van der Waals surface area contributed by atoms with E-state index in [-0.39, 0.29) is 11.4 Å². The molecule has 0 aromatic heterocycles. The highest BCUT2D eigenvalue weighted by Crippen LogP contribution is 2.23. The molecule has 2 rings (SSSR count). The van der Waals surface area contributed by atoms with Gasteiger partial charge in [-0.05, 0) is 31.9 Å². The molecule has 0 saturated carbocycles. The monoisotopic (exact) mass is 311 g/mol. The molecule has 1 aromatic carbocycles. The van der Waals surface area contributed by atoms with Gasteiger partial charge in [0.25, 0.3) is 5.91 Å². The van der Waals surface area contributed by atoms with Gasteiger partial charge in [-0.3, -0.25) is 4.79 Å². The molecule has 0 unspecified atom stereocenters. The summed E-state index contributed by atoms with van der Waals surface area (Å²) in [6.07, 6.45) is 1.71. The van der Waals surface area contributed by atoms with E-state index in [1.165, 1.54) is 0 Å². The maximum atomic E-state index is 12.2. The first-order valence-corrected chi connectivity index (χ1v) is 7.30. The standard InChI is InChI=1S/C14H18BrNO2/c1-11-2-4-12(5-3-11)13(17)16-14(10-15)6-8-18-9-7-14/h2-5H,6-10H2,1H3,(H,16,17). The molecule has 1 aromatic rings. The summed E-state index contributed by atoms with van der Waals surface area (Å²) in [6, 6.07) is 7.65. The van der Waals surface area contributed by atoms with Crippen molar-refractivity contribution in [2.24, 2.45) is 0 Å². The molecule has 1 amide bonds. The lowest BCUT2D eigenvalue weighted by atomic mass is 9.92. The number of hydrogen-bond acceptors (Lipinski definition) is 2. The average molecular weight is 312 g/mol. The van der Waals surface area contributed by atoms with Crippen molar-refractivity contribution in [1.29, 1.82) is 0 Å². The SMILES string of the molecule is Cc1ccc(C(=O)NC2(CBr)CCOCC2)cc1. The molecule has 0 aliphatic carbocycles. The van der Waals surface area contributed by atoms with E-state index in [2.05, 4.69) is 21.2 Å². The van der Waals surface area contributed by atoms with Crippen LogP contribution in [0.3, 0.4) is 0 Å². The Morgan fingerprint density at radius 3 is 2.50 bits per heavy atom. The number of carbonyl (C=O) groups excluding carboxylic acids is 1. The molecule has 1 heterocycles. The number of carbonyl (C=O) groups is 1. The van der Waals surface area contributed by atoms with Gasteiger partial charge in [0.15, 0.2) is 0 Å². The second kappa shape index (κ2) is 5.85. The van der Waals surface area contributed by atoms with Crippen molar-refractivity contribution in [2.75, 3.05) is 18.5 Å². The first-order valence-electron chi connectivity index (χ1n) is 6.18. The lowest BCUT2D eigenvalue weighted by Gasteiger charge is -2.36. The maximum Gasteiger partial charge on any atom is 0.251 e. The predicted molar refractivity (Wildman–Crippen MR) is 75.2 cm³/mol. The highest BCUT2D eigenvalue weighted by atomic mass is 79.9. The van der Waals surface area contributed by atoms with Gasteiger partial charge < -0.3 is 10.1 Å². The summed E-state index contributed by atoms with van der Waals surface area (Å²) in [5.74, 6) is -0.00338. The molecule has 0 atom stereocenters. The Morgan fingerprint density at radius 2 is 1.94 bits per heavy atom. The predicted octanol–water partition coefficient (Wildman–Crippen LogP) is 2.67. The van der Waals surface area contributed by atoms with Crippen LogP contribution in [0, 0.1) is 6.92 Å². The van der Waals surface area contributed by atoms with Crippen LogP contribution in [-0.4, -0.2) is 30.0 Å². The molecule has 18 heavy (non-hydrogen) atoms. The summed E-state index contributed by atoms with van der Waals surface area (Å²) >= 11 is 3.51. The van der Waals surface area contributed by atoms with E-state index in [4.69, 9.17) is 4.74 Å². The van der Waals surface area contributed by atoms with E-state index in [1.807, 2.05) is 31.2 Å². The van der Waals surface area contributed by atoms with Crippen molar-refractivity contribution in [1.82, 2.24) is 5.32 Å². The summed E-state index contributed by atoms with van der Waals surface area (Å²) in [4.78, 5) is 12.2. The molecule has 1 fully saturated rings. The molecule has 0 spiro atoms. The Labute approximate surface area is 116 Å². The zero-order valence-electron chi connectivity index (χ0n) is 10.5. The molecule has 1 N–H and O–H groups in total. The third kappa shape index (κ3) is 3.12. The topological polar surface area (TPSA) is 38.3 Å². The quantitative estimate of drug-likeness (QED) is 0.872. The van der Waals surface area contributed by atoms with Crippen LogP contribution < -0.4 is 5.32 Å². The highest BCUT2D eigenvalue weighted by molar-refractivity contribution is 9.09. The lowest BCUT2D eigenvalue weighted by molar-refractivity contribution is 0.0442. The fourth-order valence-electron chi connectivity index (χ4n) is 2.07. The molecule has 3 nitrogen and oxygen atoms in total. The first-order chi connectivity index (χ1) is 8.65. The minimum atomic E-state index is -0.166. The van der Waals surface area contributed by atoms with Crippen LogP contribution in [0.5, 0.6) is 0 Å². The van der Waals surface area contributed by atoms with Gasteiger partial charge >= 0.3 is 0 Å². The summed E-state index contributed by atoms with van der Waals surface area (Å²) in [7, 11) is 0. The largest absolute Gasteiger partial charge is 0.381 e. The Hall–Kier alpha value is -0.870. The van der Waals surface area contributed by atoms with Gasteiger partial charge in [0, 0.05) is 24.1 Å². The summed E-state index contributed by atoms with van der Waals surface area (Å²) in [6.45, 7) is 3.43. The Balaban J connectivity index is 2.07. The number of halogens is 1. The number of alkyl halides is 1. The van der Waals surface area contributed by atoms with Gasteiger partial charge in [-0.25, -0.2) is 0 Å². The van der Waals surface area contributed by atoms with E-state index in [9.17, 15) is 4.79 Å². The van der Waals surface area contributed by atoms with Crippen molar-refractivity contribution >= 4 is 21.8 Å². The van der Waals surface area contributed by atoms with E-state index in [1.54, 1.807) is 0 Å².